The summed E-state index contributed by atoms with van der Waals surface area (Å²) in [7, 11) is 0. The lowest BCUT2D eigenvalue weighted by molar-refractivity contribution is 0.112. The highest BCUT2D eigenvalue weighted by molar-refractivity contribution is 7.11. The number of rotatable bonds is 4. The predicted molar refractivity (Wildman–Crippen MR) is 65.2 cm³/mol. The summed E-state index contributed by atoms with van der Waals surface area (Å²) in [5.74, 6) is 0.753. The van der Waals surface area contributed by atoms with Crippen molar-refractivity contribution in [2.75, 3.05) is 0 Å². The summed E-state index contributed by atoms with van der Waals surface area (Å²) >= 11 is 1.39. The SMILES string of the molecule is CC(Oc1csc(C=O)c1)c1ccccc1. The van der Waals surface area contributed by atoms with Crippen LogP contribution in [0, 0.1) is 0 Å². The molecule has 1 aromatic carbocycles. The van der Waals surface area contributed by atoms with Gasteiger partial charge in [0, 0.05) is 11.4 Å². The predicted octanol–water partition coefficient (Wildman–Crippen LogP) is 3.70. The van der Waals surface area contributed by atoms with E-state index in [1.54, 1.807) is 6.07 Å². The van der Waals surface area contributed by atoms with E-state index in [4.69, 9.17) is 4.74 Å². The van der Waals surface area contributed by atoms with E-state index >= 15 is 0 Å². The normalized spacial score (nSPS) is 12.1. The molecule has 0 amide bonds. The number of ether oxygens (including phenoxy) is 1. The van der Waals surface area contributed by atoms with Gasteiger partial charge in [-0.25, -0.2) is 0 Å². The summed E-state index contributed by atoms with van der Waals surface area (Å²) < 4.78 is 5.73. The van der Waals surface area contributed by atoms with Crippen LogP contribution < -0.4 is 4.74 Å². The second kappa shape index (κ2) is 4.94. The molecule has 0 aliphatic rings. The average Bonchev–Trinajstić information content (AvgIpc) is 2.78. The third kappa shape index (κ3) is 2.49. The van der Waals surface area contributed by atoms with Crippen molar-refractivity contribution in [3.8, 4) is 5.75 Å². The van der Waals surface area contributed by atoms with Crippen molar-refractivity contribution >= 4 is 17.6 Å². The van der Waals surface area contributed by atoms with Gasteiger partial charge < -0.3 is 4.74 Å². The smallest absolute Gasteiger partial charge is 0.160 e. The van der Waals surface area contributed by atoms with Crippen LogP contribution >= 0.6 is 11.3 Å². The number of hydrogen-bond donors (Lipinski definition) is 0. The molecule has 0 aliphatic carbocycles. The lowest BCUT2D eigenvalue weighted by Gasteiger charge is -2.13. The van der Waals surface area contributed by atoms with Crippen LogP contribution in [-0.2, 0) is 0 Å². The Kier molecular flexibility index (Phi) is 3.37. The number of hydrogen-bond acceptors (Lipinski definition) is 3. The lowest BCUT2D eigenvalue weighted by atomic mass is 10.1. The standard InChI is InChI=1S/C13H12O2S/c1-10(11-5-3-2-4-6-11)15-12-7-13(8-14)16-9-12/h2-10H,1H3. The molecule has 0 aliphatic heterocycles. The molecule has 1 heterocycles. The maximum atomic E-state index is 10.5. The summed E-state index contributed by atoms with van der Waals surface area (Å²) in [5.41, 5.74) is 1.13. The lowest BCUT2D eigenvalue weighted by Crippen LogP contribution is -2.01. The summed E-state index contributed by atoms with van der Waals surface area (Å²) in [6.07, 6.45) is 0.834. The number of carbonyl (C=O) groups excluding carboxylic acids is 1. The Morgan fingerprint density at radius 2 is 2.06 bits per heavy atom. The molecule has 2 nitrogen and oxygen atoms in total. The number of benzene rings is 1. The van der Waals surface area contributed by atoms with Crippen LogP contribution in [0.4, 0.5) is 0 Å². The van der Waals surface area contributed by atoms with E-state index in [0.717, 1.165) is 17.6 Å². The van der Waals surface area contributed by atoms with Crippen molar-refractivity contribution in [2.45, 2.75) is 13.0 Å². The Balaban J connectivity index is 2.07. The van der Waals surface area contributed by atoms with E-state index in [1.807, 2.05) is 42.6 Å². The fourth-order valence-corrected chi connectivity index (χ4v) is 2.07. The molecule has 1 aromatic heterocycles. The molecule has 3 heteroatoms. The number of carbonyl (C=O) groups is 1. The Hall–Kier alpha value is -1.61. The molecular formula is C13H12O2S. The quantitative estimate of drug-likeness (QED) is 0.751. The second-order valence-corrected chi connectivity index (χ2v) is 4.42. The fourth-order valence-electron chi connectivity index (χ4n) is 1.45. The second-order valence-electron chi connectivity index (χ2n) is 3.47. The Morgan fingerprint density at radius 1 is 1.31 bits per heavy atom. The third-order valence-electron chi connectivity index (χ3n) is 2.29. The van der Waals surface area contributed by atoms with Gasteiger partial charge in [-0.15, -0.1) is 11.3 Å². The molecular weight excluding hydrogens is 220 g/mol. The van der Waals surface area contributed by atoms with Crippen LogP contribution in [0.1, 0.15) is 28.3 Å². The van der Waals surface area contributed by atoms with Gasteiger partial charge in [-0.3, -0.25) is 4.79 Å². The summed E-state index contributed by atoms with van der Waals surface area (Å²) in [4.78, 5) is 11.2. The molecule has 1 atom stereocenters. The number of aldehydes is 1. The molecule has 1 unspecified atom stereocenters. The molecule has 82 valence electrons. The first-order valence-electron chi connectivity index (χ1n) is 5.05. The topological polar surface area (TPSA) is 26.3 Å². The van der Waals surface area contributed by atoms with Gasteiger partial charge in [-0.2, -0.15) is 0 Å². The maximum Gasteiger partial charge on any atom is 0.160 e. The van der Waals surface area contributed by atoms with Gasteiger partial charge in [0.05, 0.1) is 4.88 Å². The molecule has 0 N–H and O–H groups in total. The van der Waals surface area contributed by atoms with Crippen molar-refractivity contribution in [2.24, 2.45) is 0 Å². The molecule has 2 aromatic rings. The Labute approximate surface area is 98.5 Å². The largest absolute Gasteiger partial charge is 0.485 e. The van der Waals surface area contributed by atoms with Crippen molar-refractivity contribution in [1.82, 2.24) is 0 Å². The van der Waals surface area contributed by atoms with Crippen LogP contribution in [0.3, 0.4) is 0 Å². The molecule has 0 radical (unpaired) electrons. The zero-order valence-corrected chi connectivity index (χ0v) is 9.74. The zero-order valence-electron chi connectivity index (χ0n) is 8.92. The van der Waals surface area contributed by atoms with Crippen LogP contribution in [0.5, 0.6) is 5.75 Å². The molecule has 2 rings (SSSR count). The Morgan fingerprint density at radius 3 is 2.69 bits per heavy atom. The summed E-state index contributed by atoms with van der Waals surface area (Å²) in [6.45, 7) is 1.99. The Bertz CT molecular complexity index is 462. The van der Waals surface area contributed by atoms with Gasteiger partial charge in [0.2, 0.25) is 0 Å². The highest BCUT2D eigenvalue weighted by atomic mass is 32.1. The van der Waals surface area contributed by atoms with Crippen LogP contribution in [-0.4, -0.2) is 6.29 Å². The van der Waals surface area contributed by atoms with Crippen molar-refractivity contribution in [3.05, 3.63) is 52.2 Å². The van der Waals surface area contributed by atoms with E-state index in [1.165, 1.54) is 11.3 Å². The van der Waals surface area contributed by atoms with Crippen LogP contribution in [0.15, 0.2) is 41.8 Å². The van der Waals surface area contributed by atoms with E-state index in [9.17, 15) is 4.79 Å². The molecule has 16 heavy (non-hydrogen) atoms. The zero-order chi connectivity index (χ0) is 11.4. The van der Waals surface area contributed by atoms with Gasteiger partial charge in [-0.1, -0.05) is 30.3 Å². The van der Waals surface area contributed by atoms with E-state index in [0.29, 0.717) is 4.88 Å². The molecule has 0 saturated heterocycles. The van der Waals surface area contributed by atoms with Gasteiger partial charge >= 0.3 is 0 Å². The highest BCUT2D eigenvalue weighted by Gasteiger charge is 2.07. The summed E-state index contributed by atoms with van der Waals surface area (Å²) in [5, 5.41) is 1.85. The molecule has 0 bridgehead atoms. The van der Waals surface area contributed by atoms with E-state index in [2.05, 4.69) is 0 Å². The first kappa shape index (κ1) is 10.9. The van der Waals surface area contributed by atoms with Crippen molar-refractivity contribution < 1.29 is 9.53 Å². The number of thiophene rings is 1. The fraction of sp³-hybridized carbons (Fsp3) is 0.154. The molecule has 0 fully saturated rings. The minimum atomic E-state index is -0.00435. The molecule has 0 saturated carbocycles. The van der Waals surface area contributed by atoms with Gasteiger partial charge in [0.25, 0.3) is 0 Å². The average molecular weight is 232 g/mol. The monoisotopic (exact) mass is 232 g/mol. The summed E-state index contributed by atoms with van der Waals surface area (Å²) in [6, 6.07) is 11.8. The van der Waals surface area contributed by atoms with Crippen LogP contribution in [0.2, 0.25) is 0 Å². The minimum Gasteiger partial charge on any atom is -0.485 e. The van der Waals surface area contributed by atoms with E-state index < -0.39 is 0 Å². The van der Waals surface area contributed by atoms with Crippen LogP contribution in [0.25, 0.3) is 0 Å². The van der Waals surface area contributed by atoms with Crippen molar-refractivity contribution in [1.29, 1.82) is 0 Å². The van der Waals surface area contributed by atoms with Gasteiger partial charge in [0.1, 0.15) is 11.9 Å². The maximum absolute atomic E-state index is 10.5. The van der Waals surface area contributed by atoms with Crippen molar-refractivity contribution in [3.63, 3.8) is 0 Å². The van der Waals surface area contributed by atoms with Gasteiger partial charge in [-0.05, 0) is 12.5 Å². The minimum absolute atomic E-state index is 0.00435. The first-order valence-corrected chi connectivity index (χ1v) is 5.93. The highest BCUT2D eigenvalue weighted by Crippen LogP contribution is 2.25. The van der Waals surface area contributed by atoms with Gasteiger partial charge in [0.15, 0.2) is 6.29 Å². The molecule has 0 spiro atoms. The third-order valence-corrected chi connectivity index (χ3v) is 3.13. The first-order chi connectivity index (χ1) is 7.79. The van der Waals surface area contributed by atoms with E-state index in [-0.39, 0.29) is 6.10 Å².